The molecule has 1 aromatic heterocycles. The van der Waals surface area contributed by atoms with E-state index in [1.807, 2.05) is 24.3 Å². The summed E-state index contributed by atoms with van der Waals surface area (Å²) in [6, 6.07) is 18.1. The molecule has 5 heteroatoms. The molecule has 26 heavy (non-hydrogen) atoms. The quantitative estimate of drug-likeness (QED) is 0.773. The summed E-state index contributed by atoms with van der Waals surface area (Å²) in [7, 11) is 0. The van der Waals surface area contributed by atoms with E-state index < -0.39 is 0 Å². The number of amides is 1. The normalized spacial score (nSPS) is 12.7. The van der Waals surface area contributed by atoms with Gasteiger partial charge in [-0.2, -0.15) is 0 Å². The Morgan fingerprint density at radius 2 is 2.00 bits per heavy atom. The van der Waals surface area contributed by atoms with Crippen LogP contribution in [0.5, 0.6) is 0 Å². The van der Waals surface area contributed by atoms with Crippen molar-refractivity contribution >= 4 is 23.1 Å². The lowest BCUT2D eigenvalue weighted by Gasteiger charge is -2.18. The Labute approximate surface area is 151 Å². The first kappa shape index (κ1) is 16.3. The third-order valence-electron chi connectivity index (χ3n) is 4.45. The van der Waals surface area contributed by atoms with Crippen molar-refractivity contribution in [3.63, 3.8) is 0 Å². The van der Waals surface area contributed by atoms with Crippen LogP contribution in [0.4, 0.5) is 21.6 Å². The number of pyridine rings is 1. The van der Waals surface area contributed by atoms with Gasteiger partial charge in [-0.25, -0.2) is 9.37 Å². The molecule has 2 aromatic carbocycles. The smallest absolute Gasteiger partial charge is 0.228 e. The zero-order chi connectivity index (χ0) is 17.9. The molecule has 3 aromatic rings. The number of rotatable bonds is 4. The van der Waals surface area contributed by atoms with Crippen LogP contribution in [-0.4, -0.2) is 17.4 Å². The topological polar surface area (TPSA) is 45.2 Å². The Balaban J connectivity index is 1.43. The largest absolute Gasteiger partial charge is 0.326 e. The first-order valence-electron chi connectivity index (χ1n) is 8.55. The maximum Gasteiger partial charge on any atom is 0.228 e. The monoisotopic (exact) mass is 347 g/mol. The van der Waals surface area contributed by atoms with Crippen molar-refractivity contribution in [2.45, 2.75) is 12.8 Å². The Morgan fingerprint density at radius 3 is 2.81 bits per heavy atom. The molecule has 0 saturated carbocycles. The highest BCUT2D eigenvalue weighted by Gasteiger charge is 2.20. The number of halogens is 1. The summed E-state index contributed by atoms with van der Waals surface area (Å²) in [5, 5.41) is 2.80. The molecule has 2 heterocycles. The zero-order valence-electron chi connectivity index (χ0n) is 14.2. The van der Waals surface area contributed by atoms with E-state index in [-0.39, 0.29) is 18.1 Å². The van der Waals surface area contributed by atoms with Gasteiger partial charge in [-0.05, 0) is 47.9 Å². The molecule has 1 N–H and O–H groups in total. The number of nitrogens with one attached hydrogen (secondary N) is 1. The zero-order valence-corrected chi connectivity index (χ0v) is 14.2. The van der Waals surface area contributed by atoms with Crippen LogP contribution >= 0.6 is 0 Å². The Hall–Kier alpha value is -3.21. The standard InChI is InChI=1S/C21H18FN3O/c22-17-6-3-4-15(12-17)13-21(26)24-18-8-9-20(23-14-18)25-11-10-16-5-1-2-7-19(16)25/h1-9,12,14H,10-11,13H2,(H,24,26). The third kappa shape index (κ3) is 3.42. The molecular formula is C21H18FN3O. The molecule has 0 unspecified atom stereocenters. The highest BCUT2D eigenvalue weighted by Crippen LogP contribution is 2.33. The molecule has 4 rings (SSSR count). The first-order chi connectivity index (χ1) is 12.7. The summed E-state index contributed by atoms with van der Waals surface area (Å²) in [5.41, 5.74) is 3.77. The number of benzene rings is 2. The second kappa shape index (κ2) is 6.96. The number of fused-ring (bicyclic) bond motifs is 1. The van der Waals surface area contributed by atoms with E-state index in [2.05, 4.69) is 27.3 Å². The van der Waals surface area contributed by atoms with E-state index in [0.29, 0.717) is 11.3 Å². The van der Waals surface area contributed by atoms with Crippen molar-refractivity contribution in [1.82, 2.24) is 4.98 Å². The van der Waals surface area contributed by atoms with Gasteiger partial charge < -0.3 is 10.2 Å². The summed E-state index contributed by atoms with van der Waals surface area (Å²) < 4.78 is 13.2. The van der Waals surface area contributed by atoms with E-state index >= 15 is 0 Å². The molecular weight excluding hydrogens is 329 g/mol. The van der Waals surface area contributed by atoms with Gasteiger partial charge in [0, 0.05) is 12.2 Å². The van der Waals surface area contributed by atoms with Crippen LogP contribution in [0.25, 0.3) is 0 Å². The first-order valence-corrected chi connectivity index (χ1v) is 8.55. The summed E-state index contributed by atoms with van der Waals surface area (Å²) in [6.45, 7) is 0.900. The number of aromatic nitrogens is 1. The summed E-state index contributed by atoms with van der Waals surface area (Å²) >= 11 is 0. The van der Waals surface area contributed by atoms with E-state index in [0.717, 1.165) is 18.8 Å². The highest BCUT2D eigenvalue weighted by molar-refractivity contribution is 5.92. The fourth-order valence-corrected chi connectivity index (χ4v) is 3.23. The van der Waals surface area contributed by atoms with Crippen molar-refractivity contribution in [1.29, 1.82) is 0 Å². The van der Waals surface area contributed by atoms with E-state index in [4.69, 9.17) is 0 Å². The Bertz CT molecular complexity index is 940. The van der Waals surface area contributed by atoms with E-state index in [9.17, 15) is 9.18 Å². The molecule has 0 atom stereocenters. The molecule has 4 nitrogen and oxygen atoms in total. The van der Waals surface area contributed by atoms with Crippen molar-refractivity contribution in [3.8, 4) is 0 Å². The van der Waals surface area contributed by atoms with Crippen LogP contribution in [-0.2, 0) is 17.6 Å². The Kier molecular flexibility index (Phi) is 4.35. The van der Waals surface area contributed by atoms with Gasteiger partial charge in [0.25, 0.3) is 0 Å². The minimum Gasteiger partial charge on any atom is -0.326 e. The van der Waals surface area contributed by atoms with Crippen molar-refractivity contribution in [2.75, 3.05) is 16.8 Å². The van der Waals surface area contributed by atoms with Crippen LogP contribution in [0.3, 0.4) is 0 Å². The van der Waals surface area contributed by atoms with Crippen LogP contribution in [0, 0.1) is 5.82 Å². The van der Waals surface area contributed by atoms with Crippen LogP contribution < -0.4 is 10.2 Å². The van der Waals surface area contributed by atoms with Gasteiger partial charge in [0.2, 0.25) is 5.91 Å². The van der Waals surface area contributed by atoms with E-state index in [1.54, 1.807) is 18.3 Å². The maximum absolute atomic E-state index is 13.2. The molecule has 0 saturated heterocycles. The van der Waals surface area contributed by atoms with Gasteiger partial charge >= 0.3 is 0 Å². The van der Waals surface area contributed by atoms with Gasteiger partial charge in [-0.15, -0.1) is 0 Å². The third-order valence-corrected chi connectivity index (χ3v) is 4.45. The number of hydrogen-bond acceptors (Lipinski definition) is 3. The molecule has 0 fully saturated rings. The summed E-state index contributed by atoms with van der Waals surface area (Å²) in [5.74, 6) is 0.321. The molecule has 0 aliphatic carbocycles. The van der Waals surface area contributed by atoms with Gasteiger partial charge in [0.1, 0.15) is 11.6 Å². The molecule has 0 bridgehead atoms. The van der Waals surface area contributed by atoms with Crippen molar-refractivity contribution in [3.05, 3.63) is 83.8 Å². The average Bonchev–Trinajstić information content (AvgIpc) is 3.06. The summed E-state index contributed by atoms with van der Waals surface area (Å²) in [4.78, 5) is 18.8. The number of anilines is 3. The van der Waals surface area contributed by atoms with Crippen LogP contribution in [0.1, 0.15) is 11.1 Å². The number of para-hydroxylation sites is 1. The summed E-state index contributed by atoms with van der Waals surface area (Å²) in [6.07, 6.45) is 2.78. The Morgan fingerprint density at radius 1 is 1.12 bits per heavy atom. The number of nitrogens with zero attached hydrogens (tertiary/aromatic N) is 2. The second-order valence-corrected chi connectivity index (χ2v) is 6.29. The average molecular weight is 347 g/mol. The van der Waals surface area contributed by atoms with Crippen LogP contribution in [0.15, 0.2) is 66.9 Å². The van der Waals surface area contributed by atoms with Gasteiger partial charge in [-0.1, -0.05) is 30.3 Å². The minimum absolute atomic E-state index is 0.124. The number of carbonyl (C=O) groups excluding carboxylic acids is 1. The van der Waals surface area contributed by atoms with Gasteiger partial charge in [-0.3, -0.25) is 4.79 Å². The van der Waals surface area contributed by atoms with Crippen molar-refractivity contribution in [2.24, 2.45) is 0 Å². The SMILES string of the molecule is O=C(Cc1cccc(F)c1)Nc1ccc(N2CCc3ccccc32)nc1. The number of hydrogen-bond donors (Lipinski definition) is 1. The second-order valence-electron chi connectivity index (χ2n) is 6.29. The van der Waals surface area contributed by atoms with Gasteiger partial charge in [0.15, 0.2) is 0 Å². The fourth-order valence-electron chi connectivity index (χ4n) is 3.23. The fraction of sp³-hybridized carbons (Fsp3) is 0.143. The lowest BCUT2D eigenvalue weighted by atomic mass is 10.1. The lowest BCUT2D eigenvalue weighted by molar-refractivity contribution is -0.115. The number of carbonyl (C=O) groups is 1. The molecule has 0 radical (unpaired) electrons. The molecule has 0 spiro atoms. The highest BCUT2D eigenvalue weighted by atomic mass is 19.1. The van der Waals surface area contributed by atoms with Crippen LogP contribution in [0.2, 0.25) is 0 Å². The van der Waals surface area contributed by atoms with Crippen molar-refractivity contribution < 1.29 is 9.18 Å². The molecule has 1 amide bonds. The molecule has 130 valence electrons. The van der Waals surface area contributed by atoms with Gasteiger partial charge in [0.05, 0.1) is 18.3 Å². The molecule has 1 aliphatic heterocycles. The van der Waals surface area contributed by atoms with E-state index in [1.165, 1.54) is 23.4 Å². The minimum atomic E-state index is -0.341. The predicted molar refractivity (Wildman–Crippen MR) is 100 cm³/mol. The lowest BCUT2D eigenvalue weighted by Crippen LogP contribution is -2.16. The molecule has 1 aliphatic rings. The predicted octanol–water partition coefficient (Wildman–Crippen LogP) is 4.10. The maximum atomic E-state index is 13.2.